The zero-order valence-electron chi connectivity index (χ0n) is 16.6. The number of carbonyl (C=O) groups is 2. The Morgan fingerprint density at radius 1 is 1.21 bits per heavy atom. The number of alkyl halides is 1. The Hall–Kier alpha value is -2.90. The van der Waals surface area contributed by atoms with Crippen LogP contribution in [0.15, 0.2) is 36.7 Å². The molecule has 1 saturated heterocycles. The minimum atomic E-state index is -1.69. The van der Waals surface area contributed by atoms with Crippen LogP contribution >= 0.6 is 0 Å². The summed E-state index contributed by atoms with van der Waals surface area (Å²) in [4.78, 5) is 35.3. The Kier molecular flexibility index (Phi) is 3.78. The predicted molar refractivity (Wildman–Crippen MR) is 106 cm³/mol. The molecule has 2 amide bonds. The van der Waals surface area contributed by atoms with Crippen LogP contribution in [0.1, 0.15) is 25.0 Å². The van der Waals surface area contributed by atoms with Gasteiger partial charge >= 0.3 is 0 Å². The summed E-state index contributed by atoms with van der Waals surface area (Å²) in [6, 6.07) is 7.78. The monoisotopic (exact) mass is 397 g/mol. The van der Waals surface area contributed by atoms with Crippen molar-refractivity contribution in [2.24, 2.45) is 0 Å². The van der Waals surface area contributed by atoms with E-state index in [2.05, 4.69) is 9.88 Å². The summed E-state index contributed by atoms with van der Waals surface area (Å²) in [5.74, 6) is 0.315. The second kappa shape index (κ2) is 6.05. The maximum Gasteiger partial charge on any atom is 0.260 e. The third-order valence-corrected chi connectivity index (χ3v) is 6.43. The average Bonchev–Trinajstić information content (AvgIpc) is 3.12. The molecule has 0 radical (unpaired) electrons. The molecule has 5 rings (SSSR count). The summed E-state index contributed by atoms with van der Waals surface area (Å²) < 4.78 is 16.5. The lowest BCUT2D eigenvalue weighted by molar-refractivity contribution is -0.137. The van der Waals surface area contributed by atoms with E-state index in [0.29, 0.717) is 32.4 Å². The van der Waals surface area contributed by atoms with Crippen LogP contribution in [0.3, 0.4) is 0 Å². The number of amides is 2. The second-order valence-corrected chi connectivity index (χ2v) is 8.46. The van der Waals surface area contributed by atoms with Crippen LogP contribution in [-0.2, 0) is 15.1 Å². The molecule has 2 fully saturated rings. The van der Waals surface area contributed by atoms with E-state index in [1.54, 1.807) is 30.1 Å². The van der Waals surface area contributed by atoms with Crippen LogP contribution in [0.25, 0.3) is 5.82 Å². The van der Waals surface area contributed by atoms with Crippen molar-refractivity contribution < 1.29 is 14.0 Å². The average molecular weight is 397 g/mol. The summed E-state index contributed by atoms with van der Waals surface area (Å²) in [5, 5.41) is 0. The Morgan fingerprint density at radius 2 is 2.00 bits per heavy atom. The lowest BCUT2D eigenvalue weighted by Gasteiger charge is -2.47. The number of halogens is 1. The van der Waals surface area contributed by atoms with Gasteiger partial charge in [0, 0.05) is 39.6 Å². The number of rotatable bonds is 3. The third-order valence-electron chi connectivity index (χ3n) is 6.43. The molecule has 2 aromatic rings. The number of likely N-dealkylation sites (N-methyl/N-ethyl adjacent to an activating group) is 1. The number of likely N-dealkylation sites (tertiary alicyclic amines) is 1. The Balaban J connectivity index is 1.60. The summed E-state index contributed by atoms with van der Waals surface area (Å²) in [6.07, 6.45) is 4.93. The van der Waals surface area contributed by atoms with Gasteiger partial charge in [0.1, 0.15) is 5.54 Å². The van der Waals surface area contributed by atoms with Gasteiger partial charge in [0.25, 0.3) is 5.91 Å². The van der Waals surface area contributed by atoms with Gasteiger partial charge in [-0.25, -0.2) is 9.37 Å². The highest BCUT2D eigenvalue weighted by Gasteiger charge is 2.57. The van der Waals surface area contributed by atoms with E-state index in [9.17, 15) is 14.0 Å². The van der Waals surface area contributed by atoms with E-state index in [-0.39, 0.29) is 12.5 Å². The highest BCUT2D eigenvalue weighted by atomic mass is 19.1. The molecule has 29 heavy (non-hydrogen) atoms. The Labute approximate surface area is 168 Å². The van der Waals surface area contributed by atoms with E-state index in [1.165, 1.54) is 0 Å². The fourth-order valence-corrected chi connectivity index (χ4v) is 4.62. The molecule has 0 N–H and O–H groups in total. The topological polar surface area (TPSA) is 61.7 Å². The molecule has 1 atom stereocenters. The van der Waals surface area contributed by atoms with E-state index >= 15 is 0 Å². The smallest absolute Gasteiger partial charge is 0.260 e. The molecule has 3 aliphatic rings. The van der Waals surface area contributed by atoms with Crippen molar-refractivity contribution in [2.45, 2.75) is 30.5 Å². The molecule has 2 aromatic heterocycles. The molecule has 8 heteroatoms. The second-order valence-electron chi connectivity index (χ2n) is 8.46. The van der Waals surface area contributed by atoms with Crippen LogP contribution in [0, 0.1) is 0 Å². The van der Waals surface area contributed by atoms with Crippen LogP contribution in [0.5, 0.6) is 0 Å². The zero-order chi connectivity index (χ0) is 20.4. The third kappa shape index (κ3) is 2.58. The van der Waals surface area contributed by atoms with Gasteiger partial charge in [0.15, 0.2) is 11.5 Å². The Morgan fingerprint density at radius 3 is 2.72 bits per heavy atom. The summed E-state index contributed by atoms with van der Waals surface area (Å²) in [7, 11) is 3.46. The van der Waals surface area contributed by atoms with Crippen molar-refractivity contribution in [3.05, 3.63) is 42.4 Å². The van der Waals surface area contributed by atoms with Gasteiger partial charge in [0.05, 0.1) is 17.9 Å². The summed E-state index contributed by atoms with van der Waals surface area (Å²) in [6.45, 7) is 0.994. The van der Waals surface area contributed by atoms with Crippen molar-refractivity contribution >= 4 is 17.5 Å². The quantitative estimate of drug-likeness (QED) is 0.791. The van der Waals surface area contributed by atoms with Crippen molar-refractivity contribution in [2.75, 3.05) is 38.6 Å². The molecular formula is C21H24FN5O2. The molecule has 0 aromatic carbocycles. The fourth-order valence-electron chi connectivity index (χ4n) is 4.62. The number of hydrogen-bond acceptors (Lipinski definition) is 4. The summed E-state index contributed by atoms with van der Waals surface area (Å²) in [5.41, 5.74) is -0.450. The number of carbonyl (C=O) groups excluding carboxylic acids is 2. The SMILES string of the molecule is CN(C)C(=O)CN1c2cccnc2-n2cccc2[C@]12CCN(C(=O)C1(F)CC1)C2. The number of aromatic nitrogens is 2. The maximum absolute atomic E-state index is 14.5. The molecular weight excluding hydrogens is 373 g/mol. The zero-order valence-corrected chi connectivity index (χ0v) is 16.6. The van der Waals surface area contributed by atoms with Crippen molar-refractivity contribution in [1.82, 2.24) is 19.4 Å². The lowest BCUT2D eigenvalue weighted by Crippen LogP contribution is -2.55. The first-order chi connectivity index (χ1) is 13.9. The van der Waals surface area contributed by atoms with Gasteiger partial charge in [-0.15, -0.1) is 0 Å². The van der Waals surface area contributed by atoms with Gasteiger partial charge in [-0.3, -0.25) is 9.59 Å². The molecule has 4 heterocycles. The Bertz CT molecular complexity index is 998. The minimum absolute atomic E-state index is 0.0342. The van der Waals surface area contributed by atoms with E-state index in [0.717, 1.165) is 17.2 Å². The van der Waals surface area contributed by atoms with Crippen LogP contribution in [-0.4, -0.2) is 70.6 Å². The summed E-state index contributed by atoms with van der Waals surface area (Å²) >= 11 is 0. The van der Waals surface area contributed by atoms with Crippen LogP contribution in [0.4, 0.5) is 10.1 Å². The van der Waals surface area contributed by atoms with E-state index in [4.69, 9.17) is 0 Å². The molecule has 2 aliphatic heterocycles. The molecule has 1 aliphatic carbocycles. The van der Waals surface area contributed by atoms with Gasteiger partial charge < -0.3 is 19.3 Å². The first-order valence-electron chi connectivity index (χ1n) is 9.95. The van der Waals surface area contributed by atoms with Gasteiger partial charge in [-0.2, -0.15) is 0 Å². The van der Waals surface area contributed by atoms with Gasteiger partial charge in [-0.1, -0.05) is 0 Å². The molecule has 7 nitrogen and oxygen atoms in total. The molecule has 152 valence electrons. The van der Waals surface area contributed by atoms with Crippen LogP contribution < -0.4 is 4.90 Å². The minimum Gasteiger partial charge on any atom is -0.347 e. The maximum atomic E-state index is 14.5. The van der Waals surface area contributed by atoms with Crippen LogP contribution in [0.2, 0.25) is 0 Å². The molecule has 0 bridgehead atoms. The van der Waals surface area contributed by atoms with Crippen molar-refractivity contribution in [3.63, 3.8) is 0 Å². The number of pyridine rings is 1. The van der Waals surface area contributed by atoms with E-state index < -0.39 is 17.1 Å². The van der Waals surface area contributed by atoms with Crippen molar-refractivity contribution in [1.29, 1.82) is 0 Å². The number of anilines is 1. The molecule has 1 saturated carbocycles. The number of hydrogen-bond donors (Lipinski definition) is 0. The predicted octanol–water partition coefficient (Wildman–Crippen LogP) is 1.71. The fraction of sp³-hybridized carbons (Fsp3) is 0.476. The van der Waals surface area contributed by atoms with E-state index in [1.807, 2.05) is 35.0 Å². The first-order valence-corrected chi connectivity index (χ1v) is 9.95. The first kappa shape index (κ1) is 18.1. The molecule has 1 spiro atoms. The normalized spacial score (nSPS) is 23.7. The van der Waals surface area contributed by atoms with Gasteiger partial charge in [-0.05, 0) is 43.5 Å². The molecule has 0 unspecified atom stereocenters. The van der Waals surface area contributed by atoms with Crippen molar-refractivity contribution in [3.8, 4) is 5.82 Å². The highest BCUT2D eigenvalue weighted by molar-refractivity contribution is 5.89. The number of nitrogens with zero attached hydrogens (tertiary/aromatic N) is 5. The standard InChI is InChI=1S/C21H24FN5O2/c1-24(2)17(28)13-27-15-5-3-10-23-18(15)26-11-4-6-16(26)21(27)9-12-25(14-21)19(29)20(22)7-8-20/h3-6,10-11H,7-9,12-14H2,1-2H3/t21-/m1/s1. The number of fused-ring (bicyclic) bond motifs is 4. The largest absolute Gasteiger partial charge is 0.347 e. The lowest BCUT2D eigenvalue weighted by atomic mass is 9.88. The van der Waals surface area contributed by atoms with Gasteiger partial charge in [0.2, 0.25) is 5.91 Å². The highest BCUT2D eigenvalue weighted by Crippen LogP contribution is 2.49.